The van der Waals surface area contributed by atoms with Gasteiger partial charge in [0.2, 0.25) is 0 Å². The Hall–Kier alpha value is 0.134. The summed E-state index contributed by atoms with van der Waals surface area (Å²) in [6.45, 7) is 14.6. The van der Waals surface area contributed by atoms with Crippen LogP contribution in [0.2, 0.25) is 24.2 Å². The fourth-order valence-corrected chi connectivity index (χ4v) is 25.1. The van der Waals surface area contributed by atoms with E-state index in [1.165, 1.54) is 56.3 Å². The van der Waals surface area contributed by atoms with Crippen molar-refractivity contribution >= 4 is 15.3 Å². The van der Waals surface area contributed by atoms with Crippen LogP contribution in [-0.4, -0.2) is 21.4 Å². The van der Waals surface area contributed by atoms with Gasteiger partial charge in [0.05, 0.1) is 7.59 Å². The smallest absolute Gasteiger partial charge is 0.142 e. The van der Waals surface area contributed by atoms with Crippen molar-refractivity contribution in [2.45, 2.75) is 104 Å². The fourth-order valence-electron chi connectivity index (χ4n) is 4.92. The maximum atomic E-state index is 4.41. The Morgan fingerprint density at radius 2 is 1.57 bits per heavy atom. The van der Waals surface area contributed by atoms with E-state index < -0.39 is 15.3 Å². The molecule has 0 aliphatic heterocycles. The first-order valence-electron chi connectivity index (χ1n) is 9.46. The Morgan fingerprint density at radius 1 is 1.05 bits per heavy atom. The van der Waals surface area contributed by atoms with E-state index in [1.54, 1.807) is 5.20 Å². The van der Waals surface area contributed by atoms with Crippen LogP contribution in [0, 0.1) is 0 Å². The van der Waals surface area contributed by atoms with Crippen LogP contribution < -0.4 is 4.98 Å². The van der Waals surface area contributed by atoms with E-state index in [2.05, 4.69) is 52.6 Å². The van der Waals surface area contributed by atoms with Crippen LogP contribution in [0.3, 0.4) is 0 Å². The Morgan fingerprint density at radius 3 is 1.95 bits per heavy atom. The molecule has 1 aliphatic carbocycles. The van der Waals surface area contributed by atoms with E-state index in [1.807, 2.05) is 0 Å². The van der Waals surface area contributed by atoms with Crippen molar-refractivity contribution in [1.82, 2.24) is 4.98 Å². The van der Waals surface area contributed by atoms with Gasteiger partial charge in [0, 0.05) is 6.04 Å². The first-order valence-corrected chi connectivity index (χ1v) is 15.3. The highest BCUT2D eigenvalue weighted by Gasteiger charge is 2.52. The largest absolute Gasteiger partial charge is 0.333 e. The van der Waals surface area contributed by atoms with Crippen molar-refractivity contribution in [2.24, 2.45) is 0 Å². The molecule has 0 amide bonds. The van der Waals surface area contributed by atoms with Crippen LogP contribution in [0.25, 0.3) is 0 Å². The molecule has 1 N–H and O–H groups in total. The quantitative estimate of drug-likeness (QED) is 0.515. The molecule has 1 aliphatic rings. The van der Waals surface area contributed by atoms with Gasteiger partial charge in [-0.1, -0.05) is 76.4 Å². The van der Waals surface area contributed by atoms with Crippen molar-refractivity contribution in [3.05, 3.63) is 11.3 Å². The van der Waals surface area contributed by atoms with Gasteiger partial charge in [-0.05, 0) is 32.7 Å². The lowest BCUT2D eigenvalue weighted by Crippen LogP contribution is -2.73. The lowest BCUT2D eigenvalue weighted by molar-refractivity contribution is 0.630. The standard InChI is InChI=1S/C18H39NSi2/c1-7-16-21(17(6)8-2,19-18-14-12-13-15-18)20(9-3,10-4)11-5/h8,18-19H,7,9-16H2,1-6H3/b17-8+. The van der Waals surface area contributed by atoms with E-state index in [-0.39, 0.29) is 0 Å². The molecule has 0 heterocycles. The molecule has 1 atom stereocenters. The number of allylic oxidation sites excluding steroid dienone is 2. The van der Waals surface area contributed by atoms with Gasteiger partial charge in [-0.3, -0.25) is 0 Å². The summed E-state index contributed by atoms with van der Waals surface area (Å²) >= 11 is 0. The van der Waals surface area contributed by atoms with Crippen LogP contribution >= 0.6 is 0 Å². The molecular formula is C18H39NSi2. The molecule has 0 radical (unpaired) electrons. The van der Waals surface area contributed by atoms with Crippen LogP contribution in [0.5, 0.6) is 0 Å². The zero-order valence-corrected chi connectivity index (χ0v) is 17.5. The molecular weight excluding hydrogens is 286 g/mol. The van der Waals surface area contributed by atoms with Gasteiger partial charge in [0.15, 0.2) is 0 Å². The van der Waals surface area contributed by atoms with Crippen molar-refractivity contribution < 1.29 is 0 Å². The summed E-state index contributed by atoms with van der Waals surface area (Å²) in [5.74, 6) is 0. The minimum Gasteiger partial charge on any atom is -0.333 e. The Kier molecular flexibility index (Phi) is 7.93. The van der Waals surface area contributed by atoms with Gasteiger partial charge in [-0.2, -0.15) is 0 Å². The normalized spacial score (nSPS) is 20.8. The van der Waals surface area contributed by atoms with Crippen molar-refractivity contribution in [3.8, 4) is 0 Å². The highest BCUT2D eigenvalue weighted by atomic mass is 29.3. The Bertz CT molecular complexity index is 322. The molecule has 1 nitrogen and oxygen atoms in total. The molecule has 21 heavy (non-hydrogen) atoms. The molecule has 0 aromatic rings. The molecule has 1 saturated carbocycles. The summed E-state index contributed by atoms with van der Waals surface area (Å²) in [4.78, 5) is 4.41. The van der Waals surface area contributed by atoms with E-state index in [0.717, 1.165) is 6.04 Å². The van der Waals surface area contributed by atoms with E-state index >= 15 is 0 Å². The predicted molar refractivity (Wildman–Crippen MR) is 103 cm³/mol. The third kappa shape index (κ3) is 3.73. The average Bonchev–Trinajstić information content (AvgIpc) is 3.01. The van der Waals surface area contributed by atoms with Crippen LogP contribution in [0.1, 0.15) is 73.6 Å². The van der Waals surface area contributed by atoms with Crippen LogP contribution in [0.15, 0.2) is 11.3 Å². The molecule has 0 spiro atoms. The molecule has 0 aromatic heterocycles. The van der Waals surface area contributed by atoms with Crippen molar-refractivity contribution in [2.75, 3.05) is 0 Å². The summed E-state index contributed by atoms with van der Waals surface area (Å²) in [7, 11) is -2.70. The van der Waals surface area contributed by atoms with Crippen molar-refractivity contribution in [1.29, 1.82) is 0 Å². The minimum atomic E-state index is -1.49. The van der Waals surface area contributed by atoms with Gasteiger partial charge in [-0.25, -0.2) is 0 Å². The lowest BCUT2D eigenvalue weighted by atomic mass is 10.3. The highest BCUT2D eigenvalue weighted by molar-refractivity contribution is 7.44. The summed E-state index contributed by atoms with van der Waals surface area (Å²) in [6.07, 6.45) is 9.57. The van der Waals surface area contributed by atoms with Crippen LogP contribution in [-0.2, 0) is 0 Å². The third-order valence-corrected chi connectivity index (χ3v) is 27.1. The van der Waals surface area contributed by atoms with E-state index in [4.69, 9.17) is 0 Å². The average molecular weight is 326 g/mol. The Labute approximate surface area is 135 Å². The minimum absolute atomic E-state index is 0.828. The maximum Gasteiger partial charge on any atom is 0.142 e. The molecule has 0 aromatic carbocycles. The molecule has 1 fully saturated rings. The number of hydrogen-bond acceptors (Lipinski definition) is 1. The molecule has 0 bridgehead atoms. The molecule has 1 unspecified atom stereocenters. The third-order valence-electron chi connectivity index (χ3n) is 6.47. The highest BCUT2D eigenvalue weighted by Crippen LogP contribution is 2.38. The second-order valence-corrected chi connectivity index (χ2v) is 20.9. The van der Waals surface area contributed by atoms with E-state index in [0.29, 0.717) is 0 Å². The summed E-state index contributed by atoms with van der Waals surface area (Å²) in [6, 6.07) is 6.71. The second-order valence-electron chi connectivity index (χ2n) is 7.09. The molecule has 3 heteroatoms. The van der Waals surface area contributed by atoms with Gasteiger partial charge in [0.25, 0.3) is 0 Å². The second kappa shape index (κ2) is 8.68. The fraction of sp³-hybridized carbons (Fsp3) is 0.889. The number of rotatable bonds is 9. The predicted octanol–water partition coefficient (Wildman–Crippen LogP) is 5.97. The zero-order valence-electron chi connectivity index (χ0n) is 15.5. The van der Waals surface area contributed by atoms with Gasteiger partial charge in [-0.15, -0.1) is 0 Å². The molecule has 124 valence electrons. The van der Waals surface area contributed by atoms with E-state index in [9.17, 15) is 0 Å². The summed E-state index contributed by atoms with van der Waals surface area (Å²) in [5.41, 5.74) is 0. The summed E-state index contributed by atoms with van der Waals surface area (Å²) in [5, 5.41) is 1.77. The SMILES string of the molecule is C/C=C(\C)[Si](CCC)(NC1CCCC1)[Si](CC)(CC)CC. The summed E-state index contributed by atoms with van der Waals surface area (Å²) < 4.78 is 0. The van der Waals surface area contributed by atoms with Gasteiger partial charge >= 0.3 is 0 Å². The lowest BCUT2D eigenvalue weighted by Gasteiger charge is -2.50. The topological polar surface area (TPSA) is 12.0 Å². The molecule has 0 saturated heterocycles. The first-order chi connectivity index (χ1) is 10.1. The monoisotopic (exact) mass is 325 g/mol. The zero-order chi connectivity index (χ0) is 15.9. The first kappa shape index (κ1) is 19.2. The van der Waals surface area contributed by atoms with Gasteiger partial charge < -0.3 is 4.98 Å². The number of nitrogens with one attached hydrogen (secondary N) is 1. The number of hydrogen-bond donors (Lipinski definition) is 1. The van der Waals surface area contributed by atoms with Gasteiger partial charge in [0.1, 0.15) is 7.75 Å². The van der Waals surface area contributed by atoms with Crippen molar-refractivity contribution in [3.63, 3.8) is 0 Å². The molecule has 1 rings (SSSR count). The Balaban J connectivity index is 3.27. The van der Waals surface area contributed by atoms with Crippen LogP contribution in [0.4, 0.5) is 0 Å². The maximum absolute atomic E-state index is 4.41.